The number of aryl methyl sites for hydroxylation is 1. The van der Waals surface area contributed by atoms with Crippen molar-refractivity contribution in [2.24, 2.45) is 5.92 Å². The van der Waals surface area contributed by atoms with Crippen LogP contribution in [0.4, 0.5) is 10.1 Å². The number of amides is 1. The van der Waals surface area contributed by atoms with Gasteiger partial charge in [-0.05, 0) is 31.2 Å². The fourth-order valence-electron chi connectivity index (χ4n) is 4.06. The van der Waals surface area contributed by atoms with Crippen molar-refractivity contribution in [3.05, 3.63) is 59.7 Å². The maximum Gasteiger partial charge on any atom is 0.226 e. The lowest BCUT2D eigenvalue weighted by molar-refractivity contribution is -0.118. The molecule has 1 amide bonds. The van der Waals surface area contributed by atoms with Crippen LogP contribution in [0.2, 0.25) is 0 Å². The summed E-state index contributed by atoms with van der Waals surface area (Å²) in [6, 6.07) is 7.53. The molecular formula is C26H21FN8OS. The maximum absolute atomic E-state index is 16.0. The summed E-state index contributed by atoms with van der Waals surface area (Å²) in [5.74, 6) is -0.512. The highest BCUT2D eigenvalue weighted by molar-refractivity contribution is 7.15. The Morgan fingerprint density at radius 3 is 2.70 bits per heavy atom. The summed E-state index contributed by atoms with van der Waals surface area (Å²) < 4.78 is 16.0. The number of hydrogen-bond acceptors (Lipinski definition) is 7. The van der Waals surface area contributed by atoms with Crippen LogP contribution >= 0.6 is 11.3 Å². The number of carbonyl (C=O) groups excluding carboxylic acids is 1. The van der Waals surface area contributed by atoms with Crippen LogP contribution in [0.1, 0.15) is 18.7 Å². The molecule has 184 valence electrons. The van der Waals surface area contributed by atoms with E-state index in [4.69, 9.17) is 4.98 Å². The van der Waals surface area contributed by atoms with Crippen molar-refractivity contribution in [1.82, 2.24) is 35.1 Å². The predicted octanol–water partition coefficient (Wildman–Crippen LogP) is 5.73. The molecule has 0 bridgehead atoms. The molecule has 37 heavy (non-hydrogen) atoms. The molecule has 3 N–H and O–H groups in total. The van der Waals surface area contributed by atoms with Gasteiger partial charge in [-0.15, -0.1) is 11.3 Å². The minimum atomic E-state index is -0.567. The number of aromatic nitrogens is 7. The summed E-state index contributed by atoms with van der Waals surface area (Å²) in [6.07, 6.45) is 6.26. The lowest BCUT2D eigenvalue weighted by Crippen LogP contribution is -2.17. The average Bonchev–Trinajstić information content (AvgIpc) is 3.62. The van der Waals surface area contributed by atoms with E-state index in [2.05, 4.69) is 35.5 Å². The van der Waals surface area contributed by atoms with E-state index in [1.807, 2.05) is 25.1 Å². The van der Waals surface area contributed by atoms with Crippen molar-refractivity contribution in [1.29, 1.82) is 0 Å². The van der Waals surface area contributed by atoms with Crippen molar-refractivity contribution in [3.63, 3.8) is 0 Å². The minimum Gasteiger partial charge on any atom is -0.336 e. The summed E-state index contributed by atoms with van der Waals surface area (Å²) in [6.45, 7) is 5.62. The van der Waals surface area contributed by atoms with Crippen molar-refractivity contribution >= 4 is 44.9 Å². The highest BCUT2D eigenvalue weighted by atomic mass is 32.1. The molecule has 6 rings (SSSR count). The zero-order chi connectivity index (χ0) is 25.7. The van der Waals surface area contributed by atoms with Crippen molar-refractivity contribution in [2.45, 2.75) is 20.8 Å². The topological polar surface area (TPSA) is 125 Å². The van der Waals surface area contributed by atoms with E-state index in [9.17, 15) is 4.79 Å². The molecule has 0 saturated heterocycles. The van der Waals surface area contributed by atoms with E-state index in [0.717, 1.165) is 16.1 Å². The summed E-state index contributed by atoms with van der Waals surface area (Å²) in [5, 5.41) is 10.2. The zero-order valence-electron chi connectivity index (χ0n) is 20.1. The summed E-state index contributed by atoms with van der Waals surface area (Å²) in [4.78, 5) is 35.3. The van der Waals surface area contributed by atoms with Crippen LogP contribution in [0.5, 0.6) is 0 Å². The van der Waals surface area contributed by atoms with Gasteiger partial charge in [0.2, 0.25) is 5.91 Å². The molecule has 0 atom stereocenters. The van der Waals surface area contributed by atoms with Crippen LogP contribution in [-0.4, -0.2) is 41.0 Å². The van der Waals surface area contributed by atoms with Gasteiger partial charge in [0.25, 0.3) is 0 Å². The molecular weight excluding hydrogens is 491 g/mol. The number of imidazole rings is 1. The van der Waals surface area contributed by atoms with Crippen LogP contribution in [0.3, 0.4) is 0 Å². The number of thiophene rings is 1. The molecule has 6 aromatic heterocycles. The largest absolute Gasteiger partial charge is 0.336 e. The molecule has 0 saturated carbocycles. The monoisotopic (exact) mass is 512 g/mol. The highest BCUT2D eigenvalue weighted by Gasteiger charge is 2.22. The van der Waals surface area contributed by atoms with Gasteiger partial charge in [0, 0.05) is 28.8 Å². The van der Waals surface area contributed by atoms with Crippen LogP contribution in [-0.2, 0) is 4.79 Å². The molecule has 0 fully saturated rings. The third-order valence-electron chi connectivity index (χ3n) is 5.95. The molecule has 0 aliphatic rings. The number of pyridine rings is 3. The maximum atomic E-state index is 16.0. The Bertz CT molecular complexity index is 1800. The van der Waals surface area contributed by atoms with Crippen molar-refractivity contribution < 1.29 is 9.18 Å². The van der Waals surface area contributed by atoms with E-state index in [1.165, 1.54) is 23.5 Å². The van der Waals surface area contributed by atoms with Gasteiger partial charge in [-0.2, -0.15) is 5.10 Å². The fraction of sp³-hybridized carbons (Fsp3) is 0.154. The first-order valence-electron chi connectivity index (χ1n) is 11.6. The number of carbonyl (C=O) groups is 1. The van der Waals surface area contributed by atoms with Gasteiger partial charge in [-0.25, -0.2) is 9.37 Å². The van der Waals surface area contributed by atoms with Gasteiger partial charge in [0.1, 0.15) is 22.6 Å². The second-order valence-electron chi connectivity index (χ2n) is 8.94. The van der Waals surface area contributed by atoms with Crippen LogP contribution in [0.25, 0.3) is 55.3 Å². The van der Waals surface area contributed by atoms with Gasteiger partial charge in [-0.1, -0.05) is 13.8 Å². The number of rotatable bonds is 5. The summed E-state index contributed by atoms with van der Waals surface area (Å²) in [7, 11) is 0. The number of fused-ring (bicyclic) bond motifs is 2. The first-order chi connectivity index (χ1) is 17.9. The van der Waals surface area contributed by atoms with Gasteiger partial charge in [-0.3, -0.25) is 24.8 Å². The number of aromatic amines is 2. The molecule has 0 radical (unpaired) electrons. The normalized spacial score (nSPS) is 11.6. The Labute approximate surface area is 214 Å². The van der Waals surface area contributed by atoms with E-state index in [0.29, 0.717) is 33.8 Å². The SMILES string of the molecule is Cc1ccc(-c2nccc3[nH]c(-c4n[nH]c5cnc(-c6cncc(NC(=O)C(C)C)c6)c(F)c45)nc23)s1. The van der Waals surface area contributed by atoms with E-state index in [1.54, 1.807) is 37.4 Å². The number of hydrogen-bond donors (Lipinski definition) is 3. The van der Waals surface area contributed by atoms with Crippen LogP contribution < -0.4 is 5.32 Å². The number of anilines is 1. The standard InChI is InChI=1S/C26H21FN8OS/c1-12(2)26(36)31-15-8-14(9-28-10-15)21-20(27)19-17(11-30-21)34-35-24(19)25-32-16-6-7-29-23(22(16)33-25)18-5-4-13(3)37-18/h4-12H,1-3H3,(H,31,36)(H,32,33)(H,34,35). The van der Waals surface area contributed by atoms with Gasteiger partial charge < -0.3 is 10.3 Å². The van der Waals surface area contributed by atoms with Gasteiger partial charge >= 0.3 is 0 Å². The van der Waals surface area contributed by atoms with E-state index >= 15 is 4.39 Å². The molecule has 6 aromatic rings. The quantitative estimate of drug-likeness (QED) is 0.271. The molecule has 0 aromatic carbocycles. The molecule has 6 heterocycles. The third kappa shape index (κ3) is 4.02. The second kappa shape index (κ2) is 8.86. The lowest BCUT2D eigenvalue weighted by Gasteiger charge is -2.09. The lowest BCUT2D eigenvalue weighted by atomic mass is 10.1. The van der Waals surface area contributed by atoms with E-state index < -0.39 is 5.82 Å². The predicted molar refractivity (Wildman–Crippen MR) is 141 cm³/mol. The van der Waals surface area contributed by atoms with Crippen LogP contribution in [0.15, 0.2) is 49.1 Å². The van der Waals surface area contributed by atoms with Crippen molar-refractivity contribution in [3.8, 4) is 33.3 Å². The average molecular weight is 513 g/mol. The first-order valence-corrected chi connectivity index (χ1v) is 12.4. The molecule has 0 aliphatic carbocycles. The Hall–Kier alpha value is -4.51. The smallest absolute Gasteiger partial charge is 0.226 e. The Balaban J connectivity index is 1.45. The van der Waals surface area contributed by atoms with Crippen molar-refractivity contribution in [2.75, 3.05) is 5.32 Å². The molecule has 0 spiro atoms. The molecule has 11 heteroatoms. The van der Waals surface area contributed by atoms with Gasteiger partial charge in [0.05, 0.1) is 39.4 Å². The minimum absolute atomic E-state index is 0.0934. The molecule has 0 unspecified atom stereocenters. The Morgan fingerprint density at radius 2 is 1.92 bits per heavy atom. The number of nitrogens with one attached hydrogen (secondary N) is 3. The second-order valence-corrected chi connectivity index (χ2v) is 10.2. The number of nitrogens with zero attached hydrogens (tertiary/aromatic N) is 5. The van der Waals surface area contributed by atoms with Gasteiger partial charge in [0.15, 0.2) is 11.6 Å². The molecule has 0 aliphatic heterocycles. The molecule has 9 nitrogen and oxygen atoms in total. The number of H-pyrrole nitrogens is 2. The third-order valence-corrected chi connectivity index (χ3v) is 6.95. The zero-order valence-corrected chi connectivity index (χ0v) is 20.9. The Morgan fingerprint density at radius 1 is 1.05 bits per heavy atom. The number of halogens is 1. The first kappa shape index (κ1) is 22.9. The van der Waals surface area contributed by atoms with Crippen LogP contribution in [0, 0.1) is 18.7 Å². The fourth-order valence-corrected chi connectivity index (χ4v) is 4.93. The highest BCUT2D eigenvalue weighted by Crippen LogP contribution is 2.35. The Kier molecular flexibility index (Phi) is 5.49. The summed E-state index contributed by atoms with van der Waals surface area (Å²) >= 11 is 1.63. The van der Waals surface area contributed by atoms with E-state index in [-0.39, 0.29) is 22.9 Å². The summed E-state index contributed by atoms with van der Waals surface area (Å²) in [5.41, 5.74) is 3.96.